The Hall–Kier alpha value is -2.86. The predicted octanol–water partition coefficient (Wildman–Crippen LogP) is 4.71. The van der Waals surface area contributed by atoms with Crippen molar-refractivity contribution in [2.24, 2.45) is 0 Å². The zero-order valence-corrected chi connectivity index (χ0v) is 18.3. The van der Waals surface area contributed by atoms with Crippen LogP contribution in [0.3, 0.4) is 0 Å². The van der Waals surface area contributed by atoms with Gasteiger partial charge in [-0.1, -0.05) is 54.6 Å². The second-order valence-corrected chi connectivity index (χ2v) is 7.27. The highest BCUT2D eigenvalue weighted by Gasteiger charge is 2.18. The van der Waals surface area contributed by atoms with E-state index in [4.69, 9.17) is 18.9 Å². The van der Waals surface area contributed by atoms with E-state index in [1.807, 2.05) is 72.8 Å². The molecule has 3 aromatic carbocycles. The average Bonchev–Trinajstić information content (AvgIpc) is 2.82. The Morgan fingerprint density at radius 1 is 0.774 bits per heavy atom. The molecule has 0 radical (unpaired) electrons. The van der Waals surface area contributed by atoms with Crippen LogP contribution >= 0.6 is 0 Å². The van der Waals surface area contributed by atoms with Crippen LogP contribution in [-0.2, 0) is 28.9 Å². The number of hydrogen-bond acceptors (Lipinski definition) is 5. The molecule has 164 valence electrons. The number of methoxy groups -OCH3 is 3. The monoisotopic (exact) mass is 422 g/mol. The lowest BCUT2D eigenvalue weighted by atomic mass is 9.95. The summed E-state index contributed by atoms with van der Waals surface area (Å²) in [5.74, 6) is 1.45. The fourth-order valence-electron chi connectivity index (χ4n) is 3.52. The molecule has 0 aliphatic rings. The lowest BCUT2D eigenvalue weighted by Gasteiger charge is -2.20. The topological polar surface area (TPSA) is 57.2 Å². The third kappa shape index (κ3) is 6.31. The molecule has 0 aliphatic carbocycles. The molecular weight excluding hydrogens is 392 g/mol. The summed E-state index contributed by atoms with van der Waals surface area (Å²) < 4.78 is 22.2. The smallest absolute Gasteiger partial charge is 0.160 e. The second-order valence-electron chi connectivity index (χ2n) is 7.27. The van der Waals surface area contributed by atoms with Crippen molar-refractivity contribution in [1.82, 2.24) is 0 Å². The van der Waals surface area contributed by atoms with Crippen LogP contribution in [0.1, 0.15) is 28.4 Å². The minimum atomic E-state index is -0.711. The Bertz CT molecular complexity index is 938. The molecule has 0 heterocycles. The maximum absolute atomic E-state index is 11.1. The Kier molecular flexibility index (Phi) is 8.47. The number of hydrogen-bond donors (Lipinski definition) is 1. The zero-order chi connectivity index (χ0) is 22.1. The molecule has 0 saturated heterocycles. The van der Waals surface area contributed by atoms with E-state index in [2.05, 4.69) is 0 Å². The Balaban J connectivity index is 1.81. The minimum absolute atomic E-state index is 0.366. The van der Waals surface area contributed by atoms with Crippen LogP contribution in [0.5, 0.6) is 11.5 Å². The van der Waals surface area contributed by atoms with Crippen molar-refractivity contribution >= 4 is 0 Å². The van der Waals surface area contributed by atoms with Crippen molar-refractivity contribution < 1.29 is 24.1 Å². The van der Waals surface area contributed by atoms with Crippen molar-refractivity contribution in [2.45, 2.75) is 31.8 Å². The van der Waals surface area contributed by atoms with Gasteiger partial charge in [-0.3, -0.25) is 0 Å². The first-order valence-electron chi connectivity index (χ1n) is 10.3. The number of rotatable bonds is 11. The van der Waals surface area contributed by atoms with Crippen molar-refractivity contribution in [1.29, 1.82) is 0 Å². The Morgan fingerprint density at radius 2 is 1.48 bits per heavy atom. The molecule has 3 aromatic rings. The third-order valence-electron chi connectivity index (χ3n) is 5.24. The highest BCUT2D eigenvalue weighted by atomic mass is 16.7. The van der Waals surface area contributed by atoms with E-state index in [0.717, 1.165) is 33.8 Å². The number of aliphatic hydroxyl groups is 1. The summed E-state index contributed by atoms with van der Waals surface area (Å²) in [4.78, 5) is 0. The van der Waals surface area contributed by atoms with E-state index in [-0.39, 0.29) is 6.29 Å². The van der Waals surface area contributed by atoms with Crippen LogP contribution in [0.2, 0.25) is 0 Å². The van der Waals surface area contributed by atoms with Crippen molar-refractivity contribution in [3.8, 4) is 11.5 Å². The highest BCUT2D eigenvalue weighted by Crippen LogP contribution is 2.31. The summed E-state index contributed by atoms with van der Waals surface area (Å²) in [6.45, 7) is 0.455. The summed E-state index contributed by atoms with van der Waals surface area (Å²) in [5, 5.41) is 11.1. The molecule has 0 aromatic heterocycles. The van der Waals surface area contributed by atoms with E-state index < -0.39 is 6.10 Å². The van der Waals surface area contributed by atoms with Gasteiger partial charge in [0.1, 0.15) is 18.1 Å². The van der Waals surface area contributed by atoms with Crippen molar-refractivity contribution in [3.05, 3.63) is 95.1 Å². The minimum Gasteiger partial charge on any atom is -0.497 e. The lowest BCUT2D eigenvalue weighted by Crippen LogP contribution is -2.18. The quantitative estimate of drug-likeness (QED) is 0.454. The average molecular weight is 423 g/mol. The van der Waals surface area contributed by atoms with Gasteiger partial charge < -0.3 is 24.1 Å². The van der Waals surface area contributed by atoms with Crippen molar-refractivity contribution in [3.63, 3.8) is 0 Å². The second kappa shape index (κ2) is 11.5. The summed E-state index contributed by atoms with van der Waals surface area (Å²) in [6.07, 6.45) is -0.134. The molecule has 0 spiro atoms. The van der Waals surface area contributed by atoms with Gasteiger partial charge in [0.15, 0.2) is 6.29 Å². The number of benzene rings is 3. The number of ether oxygens (including phenoxy) is 4. The fourth-order valence-corrected chi connectivity index (χ4v) is 3.52. The maximum Gasteiger partial charge on any atom is 0.160 e. The first-order chi connectivity index (χ1) is 15.1. The van der Waals surface area contributed by atoms with Crippen LogP contribution in [0, 0.1) is 0 Å². The zero-order valence-electron chi connectivity index (χ0n) is 18.3. The molecule has 3 rings (SSSR count). The summed E-state index contributed by atoms with van der Waals surface area (Å²) in [6, 6.07) is 23.5. The van der Waals surface area contributed by atoms with E-state index >= 15 is 0 Å². The predicted molar refractivity (Wildman–Crippen MR) is 120 cm³/mol. The molecule has 0 saturated carbocycles. The molecule has 31 heavy (non-hydrogen) atoms. The first kappa shape index (κ1) is 22.8. The van der Waals surface area contributed by atoms with Gasteiger partial charge in [-0.2, -0.15) is 0 Å². The van der Waals surface area contributed by atoms with Gasteiger partial charge >= 0.3 is 0 Å². The standard InChI is InChI=1S/C26H30O5/c1-28-22-13-14-25(31-18-19-9-5-4-6-10-19)21(15-22)16-24(27)23-12-8-7-11-20(23)17-26(29-2)30-3/h4-15,24,26-27H,16-18H2,1-3H3. The number of aliphatic hydroxyl groups excluding tert-OH is 1. The maximum atomic E-state index is 11.1. The van der Waals surface area contributed by atoms with Crippen LogP contribution < -0.4 is 9.47 Å². The normalized spacial score (nSPS) is 12.0. The molecule has 5 heteroatoms. The van der Waals surface area contributed by atoms with E-state index in [9.17, 15) is 5.11 Å². The van der Waals surface area contributed by atoms with Gasteiger partial charge in [0, 0.05) is 32.6 Å². The molecule has 0 fully saturated rings. The van der Waals surface area contributed by atoms with Gasteiger partial charge in [0.2, 0.25) is 0 Å². The summed E-state index contributed by atoms with van der Waals surface area (Å²) >= 11 is 0. The van der Waals surface area contributed by atoms with Gasteiger partial charge in [0.25, 0.3) is 0 Å². The summed E-state index contributed by atoms with van der Waals surface area (Å²) in [7, 11) is 4.85. The van der Waals surface area contributed by atoms with Gasteiger partial charge in [-0.25, -0.2) is 0 Å². The lowest BCUT2D eigenvalue weighted by molar-refractivity contribution is -0.100. The Labute approximate surface area is 184 Å². The largest absolute Gasteiger partial charge is 0.497 e. The van der Waals surface area contributed by atoms with E-state index in [1.165, 1.54) is 0 Å². The molecule has 1 unspecified atom stereocenters. The molecule has 0 aliphatic heterocycles. The van der Waals surface area contributed by atoms with Crippen LogP contribution in [0.25, 0.3) is 0 Å². The van der Waals surface area contributed by atoms with E-state index in [0.29, 0.717) is 19.4 Å². The summed E-state index contributed by atoms with van der Waals surface area (Å²) in [5.41, 5.74) is 3.80. The molecule has 1 N–H and O–H groups in total. The fraction of sp³-hybridized carbons (Fsp3) is 0.308. The van der Waals surface area contributed by atoms with Crippen LogP contribution in [0.15, 0.2) is 72.8 Å². The van der Waals surface area contributed by atoms with E-state index in [1.54, 1.807) is 21.3 Å². The third-order valence-corrected chi connectivity index (χ3v) is 5.24. The highest BCUT2D eigenvalue weighted by molar-refractivity contribution is 5.42. The molecule has 0 amide bonds. The molecule has 5 nitrogen and oxygen atoms in total. The SMILES string of the molecule is COc1ccc(OCc2ccccc2)c(CC(O)c2ccccc2CC(OC)OC)c1. The molecular formula is C26H30O5. The van der Waals surface area contributed by atoms with Crippen LogP contribution in [0.4, 0.5) is 0 Å². The van der Waals surface area contributed by atoms with Gasteiger partial charge in [-0.15, -0.1) is 0 Å². The molecule has 0 bridgehead atoms. The first-order valence-corrected chi connectivity index (χ1v) is 10.3. The van der Waals surface area contributed by atoms with Gasteiger partial charge in [-0.05, 0) is 34.9 Å². The Morgan fingerprint density at radius 3 is 2.19 bits per heavy atom. The van der Waals surface area contributed by atoms with Crippen LogP contribution in [-0.4, -0.2) is 32.7 Å². The van der Waals surface area contributed by atoms with Gasteiger partial charge in [0.05, 0.1) is 13.2 Å². The van der Waals surface area contributed by atoms with Crippen molar-refractivity contribution in [2.75, 3.05) is 21.3 Å². The molecule has 1 atom stereocenters.